The average molecular weight is 131 g/mol. The van der Waals surface area contributed by atoms with Gasteiger partial charge in [0, 0.05) is 19.0 Å². The molecule has 0 spiro atoms. The smallest absolute Gasteiger partial charge is 0.0922 e. The molecule has 3 N–H and O–H groups in total. The molecule has 0 amide bonds. The fourth-order valence-electron chi connectivity index (χ4n) is 0.155. The van der Waals surface area contributed by atoms with Crippen LogP contribution in [0.4, 0.5) is 0 Å². The molecule has 4 heteroatoms. The van der Waals surface area contributed by atoms with E-state index in [9.17, 15) is 0 Å². The third kappa shape index (κ3) is 5.36. The molecule has 3 nitrogen and oxygen atoms in total. The molecule has 0 saturated carbocycles. The lowest BCUT2D eigenvalue weighted by Gasteiger charge is -1.93. The van der Waals surface area contributed by atoms with Gasteiger partial charge < -0.3 is 10.5 Å². The van der Waals surface area contributed by atoms with Crippen LogP contribution in [0, 0.1) is 0 Å². The fourth-order valence-corrected chi connectivity index (χ4v) is 0.464. The van der Waals surface area contributed by atoms with Crippen molar-refractivity contribution >= 4 is 18.3 Å². The van der Waals surface area contributed by atoms with Crippen LogP contribution in [0.5, 0.6) is 0 Å². The molecule has 0 aliphatic rings. The highest BCUT2D eigenvalue weighted by Crippen LogP contribution is 1.96. The van der Waals surface area contributed by atoms with Gasteiger partial charge in [0.1, 0.15) is 0 Å². The Morgan fingerprint density at radius 1 is 2.00 bits per heavy atom. The van der Waals surface area contributed by atoms with Crippen molar-refractivity contribution in [2.45, 2.75) is 0 Å². The minimum Gasteiger partial charge on any atom is -0.393 e. The maximum Gasteiger partial charge on any atom is 0.0922 e. The summed E-state index contributed by atoms with van der Waals surface area (Å²) in [5, 5.41) is 0.532. The van der Waals surface area contributed by atoms with Gasteiger partial charge in [-0.25, -0.2) is 0 Å². The lowest BCUT2D eigenvalue weighted by Crippen LogP contribution is -2.02. The molecule has 8 heavy (non-hydrogen) atoms. The van der Waals surface area contributed by atoms with Gasteiger partial charge >= 0.3 is 0 Å². The van der Waals surface area contributed by atoms with E-state index in [1.54, 1.807) is 13.4 Å². The predicted octanol–water partition coefficient (Wildman–Crippen LogP) is 0.312. The number of hydrogen-bond acceptors (Lipinski definition) is 3. The Morgan fingerprint density at radius 3 is 3.00 bits per heavy atom. The Kier molecular flexibility index (Phi) is 4.16. The first-order chi connectivity index (χ1) is 3.77. The fraction of sp³-hybridized carbons (Fsp3) is 0.250. The van der Waals surface area contributed by atoms with Gasteiger partial charge in [0.05, 0.1) is 11.4 Å². The molecule has 0 aliphatic carbocycles. The standard InChI is InChI=1S/C4H9N3S/c1-4(5)8-7-3-6-2/h3H,1,5H2,2H3,(H,6,7). The number of rotatable bonds is 3. The Labute approximate surface area is 53.2 Å². The topological polar surface area (TPSA) is 50.4 Å². The maximum absolute atomic E-state index is 5.18. The summed E-state index contributed by atoms with van der Waals surface area (Å²) in [5.74, 6) is 0. The number of nitrogens with zero attached hydrogens (tertiary/aromatic N) is 1. The highest BCUT2D eigenvalue weighted by atomic mass is 32.2. The summed E-state index contributed by atoms with van der Waals surface area (Å²) in [7, 11) is 1.67. The minimum atomic E-state index is 0.532. The molecular weight excluding hydrogens is 122 g/mol. The SMILES string of the molecule is C=C(N)SNC=NC. The summed E-state index contributed by atoms with van der Waals surface area (Å²) in [4.78, 5) is 3.65. The van der Waals surface area contributed by atoms with Gasteiger partial charge in [0.15, 0.2) is 0 Å². The quantitative estimate of drug-likeness (QED) is 0.329. The van der Waals surface area contributed by atoms with Gasteiger partial charge in [-0.05, 0) is 0 Å². The molecule has 0 atom stereocenters. The van der Waals surface area contributed by atoms with Crippen molar-refractivity contribution in [1.82, 2.24) is 4.72 Å². The Hall–Kier alpha value is -0.640. The Balaban J connectivity index is 3.05. The third-order valence-electron chi connectivity index (χ3n) is 0.372. The summed E-state index contributed by atoms with van der Waals surface area (Å²) >= 11 is 1.24. The van der Waals surface area contributed by atoms with Crippen LogP contribution in [0.15, 0.2) is 16.6 Å². The Bertz CT molecular complexity index is 99.5. The van der Waals surface area contributed by atoms with E-state index in [0.717, 1.165) is 0 Å². The van der Waals surface area contributed by atoms with E-state index in [1.165, 1.54) is 11.9 Å². The van der Waals surface area contributed by atoms with Crippen LogP contribution in [0.1, 0.15) is 0 Å². The van der Waals surface area contributed by atoms with E-state index in [4.69, 9.17) is 5.73 Å². The molecule has 0 rings (SSSR count). The first-order valence-electron chi connectivity index (χ1n) is 2.04. The second-order valence-electron chi connectivity index (χ2n) is 1.07. The van der Waals surface area contributed by atoms with E-state index in [2.05, 4.69) is 16.3 Å². The predicted molar refractivity (Wildman–Crippen MR) is 38.5 cm³/mol. The van der Waals surface area contributed by atoms with E-state index < -0.39 is 0 Å². The second kappa shape index (κ2) is 4.52. The lowest BCUT2D eigenvalue weighted by atomic mass is 11.1. The monoisotopic (exact) mass is 131 g/mol. The van der Waals surface area contributed by atoms with Gasteiger partial charge in [-0.15, -0.1) is 0 Å². The Morgan fingerprint density at radius 2 is 2.62 bits per heavy atom. The zero-order chi connectivity index (χ0) is 6.41. The van der Waals surface area contributed by atoms with Crippen molar-refractivity contribution in [2.75, 3.05) is 7.05 Å². The van der Waals surface area contributed by atoms with Gasteiger partial charge in [-0.2, -0.15) is 0 Å². The largest absolute Gasteiger partial charge is 0.393 e. The van der Waals surface area contributed by atoms with E-state index >= 15 is 0 Å². The van der Waals surface area contributed by atoms with Crippen LogP contribution in [0.25, 0.3) is 0 Å². The summed E-state index contributed by atoms with van der Waals surface area (Å²) in [6, 6.07) is 0. The zero-order valence-corrected chi connectivity index (χ0v) is 5.53. The second-order valence-corrected chi connectivity index (χ2v) is 2.04. The number of nitrogens with one attached hydrogen (secondary N) is 1. The van der Waals surface area contributed by atoms with Gasteiger partial charge in [-0.1, -0.05) is 6.58 Å². The number of nitrogens with two attached hydrogens (primary N) is 1. The van der Waals surface area contributed by atoms with Crippen molar-refractivity contribution in [2.24, 2.45) is 10.7 Å². The maximum atomic E-state index is 5.18. The summed E-state index contributed by atoms with van der Waals surface area (Å²) < 4.78 is 2.73. The first-order valence-corrected chi connectivity index (χ1v) is 2.86. The third-order valence-corrected chi connectivity index (χ3v) is 0.857. The molecule has 0 aliphatic heterocycles. The van der Waals surface area contributed by atoms with Crippen LogP contribution in [0.3, 0.4) is 0 Å². The van der Waals surface area contributed by atoms with E-state index in [-0.39, 0.29) is 0 Å². The summed E-state index contributed by atoms with van der Waals surface area (Å²) in [5.41, 5.74) is 5.18. The van der Waals surface area contributed by atoms with Crippen LogP contribution in [-0.4, -0.2) is 13.4 Å². The summed E-state index contributed by atoms with van der Waals surface area (Å²) in [6.45, 7) is 3.44. The van der Waals surface area contributed by atoms with E-state index in [0.29, 0.717) is 5.03 Å². The zero-order valence-electron chi connectivity index (χ0n) is 4.72. The average Bonchev–Trinajstić information content (AvgIpc) is 1.66. The van der Waals surface area contributed by atoms with Gasteiger partial charge in [-0.3, -0.25) is 4.99 Å². The molecule has 0 radical (unpaired) electrons. The number of aliphatic imine (C=N–C) groups is 1. The molecule has 46 valence electrons. The highest BCUT2D eigenvalue weighted by molar-refractivity contribution is 8.01. The van der Waals surface area contributed by atoms with Crippen LogP contribution in [-0.2, 0) is 0 Å². The van der Waals surface area contributed by atoms with Crippen LogP contribution >= 0.6 is 11.9 Å². The van der Waals surface area contributed by atoms with Crippen molar-refractivity contribution in [3.63, 3.8) is 0 Å². The molecule has 0 aromatic carbocycles. The molecule has 0 aromatic rings. The van der Waals surface area contributed by atoms with Crippen molar-refractivity contribution < 1.29 is 0 Å². The molecule has 0 saturated heterocycles. The van der Waals surface area contributed by atoms with Crippen molar-refractivity contribution in [1.29, 1.82) is 0 Å². The van der Waals surface area contributed by atoms with Gasteiger partial charge in [0.2, 0.25) is 0 Å². The lowest BCUT2D eigenvalue weighted by molar-refractivity contribution is 1.41. The van der Waals surface area contributed by atoms with E-state index in [1.807, 2.05) is 0 Å². The molecule has 0 aromatic heterocycles. The molecule has 0 bridgehead atoms. The minimum absolute atomic E-state index is 0.532. The van der Waals surface area contributed by atoms with Gasteiger partial charge in [0.25, 0.3) is 0 Å². The molecular formula is C4H9N3S. The highest BCUT2D eigenvalue weighted by Gasteiger charge is 1.78. The molecule has 0 fully saturated rings. The van der Waals surface area contributed by atoms with Crippen LogP contribution < -0.4 is 10.5 Å². The van der Waals surface area contributed by atoms with Crippen molar-refractivity contribution in [3.8, 4) is 0 Å². The summed E-state index contributed by atoms with van der Waals surface area (Å²) in [6.07, 6.45) is 1.54. The molecule has 0 unspecified atom stereocenters. The normalized spacial score (nSPS) is 9.62. The molecule has 0 heterocycles. The first kappa shape index (κ1) is 7.36. The number of hydrogen-bond donors (Lipinski definition) is 2. The van der Waals surface area contributed by atoms with Crippen LogP contribution in [0.2, 0.25) is 0 Å². The van der Waals surface area contributed by atoms with Crippen molar-refractivity contribution in [3.05, 3.63) is 11.6 Å².